The highest BCUT2D eigenvalue weighted by atomic mass is 79.9. The van der Waals surface area contributed by atoms with Gasteiger partial charge in [-0.05, 0) is 40.2 Å². The van der Waals surface area contributed by atoms with E-state index in [0.717, 1.165) is 4.90 Å². The van der Waals surface area contributed by atoms with E-state index < -0.39 is 0 Å². The summed E-state index contributed by atoms with van der Waals surface area (Å²) < 4.78 is 5.99. The summed E-state index contributed by atoms with van der Waals surface area (Å²) in [6, 6.07) is 13.1. The molecule has 0 N–H and O–H groups in total. The molecule has 0 fully saturated rings. The first-order chi connectivity index (χ1) is 8.65. The summed E-state index contributed by atoms with van der Waals surface area (Å²) in [5.41, 5.74) is 0. The smallest absolute Gasteiger partial charge is 0.223 e. The molecule has 0 saturated heterocycles. The summed E-state index contributed by atoms with van der Waals surface area (Å²) >= 11 is 4.63. The van der Waals surface area contributed by atoms with Crippen molar-refractivity contribution in [2.75, 3.05) is 6.54 Å². The van der Waals surface area contributed by atoms with E-state index in [1.807, 2.05) is 30.3 Å². The van der Waals surface area contributed by atoms with Crippen molar-refractivity contribution in [1.29, 1.82) is 0 Å². The highest BCUT2D eigenvalue weighted by Crippen LogP contribution is 2.36. The minimum Gasteiger partial charge on any atom is -0.453 e. The van der Waals surface area contributed by atoms with Gasteiger partial charge in [0.1, 0.15) is 11.0 Å². The van der Waals surface area contributed by atoms with Gasteiger partial charge in [-0.1, -0.05) is 18.2 Å². The van der Waals surface area contributed by atoms with Gasteiger partial charge in [0.2, 0.25) is 6.54 Å². The van der Waals surface area contributed by atoms with Crippen LogP contribution in [0.25, 0.3) is 0 Å². The lowest BCUT2D eigenvalue weighted by Crippen LogP contribution is -2.09. The van der Waals surface area contributed by atoms with Gasteiger partial charge in [0.25, 0.3) is 0 Å². The SMILES string of the molecule is O=[N+]([O-])CC(Sc1ccccc1)c1ccc(Br)o1. The van der Waals surface area contributed by atoms with Crippen molar-refractivity contribution in [1.82, 2.24) is 0 Å². The van der Waals surface area contributed by atoms with Crippen molar-refractivity contribution in [3.63, 3.8) is 0 Å². The molecule has 1 atom stereocenters. The number of nitrogens with zero attached hydrogens (tertiary/aromatic N) is 1. The fourth-order valence-electron chi connectivity index (χ4n) is 1.49. The minimum atomic E-state index is -0.325. The van der Waals surface area contributed by atoms with Crippen molar-refractivity contribution >= 4 is 27.7 Å². The standard InChI is InChI=1S/C12H10BrNO3S/c13-12-7-6-10(17-12)11(8-14(15)16)18-9-4-2-1-3-5-9/h1-7,11H,8H2. The molecule has 0 aliphatic rings. The molecular formula is C12H10BrNO3S. The Morgan fingerprint density at radius 2 is 2.00 bits per heavy atom. The first-order valence-electron chi connectivity index (χ1n) is 5.24. The van der Waals surface area contributed by atoms with E-state index in [-0.39, 0.29) is 16.7 Å². The van der Waals surface area contributed by atoms with E-state index in [0.29, 0.717) is 10.4 Å². The van der Waals surface area contributed by atoms with Crippen LogP contribution >= 0.6 is 27.7 Å². The van der Waals surface area contributed by atoms with Crippen LogP contribution in [0.5, 0.6) is 0 Å². The van der Waals surface area contributed by atoms with E-state index in [2.05, 4.69) is 15.9 Å². The summed E-state index contributed by atoms with van der Waals surface area (Å²) in [7, 11) is 0. The molecule has 0 aliphatic carbocycles. The highest BCUT2D eigenvalue weighted by Gasteiger charge is 2.22. The van der Waals surface area contributed by atoms with Crippen LogP contribution in [0.4, 0.5) is 0 Å². The number of hydrogen-bond acceptors (Lipinski definition) is 4. The van der Waals surface area contributed by atoms with E-state index >= 15 is 0 Å². The van der Waals surface area contributed by atoms with Crippen LogP contribution in [0.2, 0.25) is 0 Å². The van der Waals surface area contributed by atoms with Gasteiger partial charge < -0.3 is 4.42 Å². The third kappa shape index (κ3) is 3.61. The Bertz CT molecular complexity index is 529. The maximum Gasteiger partial charge on any atom is 0.223 e. The lowest BCUT2D eigenvalue weighted by molar-refractivity contribution is -0.480. The first kappa shape index (κ1) is 13.2. The zero-order chi connectivity index (χ0) is 13.0. The molecule has 2 rings (SSSR count). The van der Waals surface area contributed by atoms with Gasteiger partial charge in [-0.3, -0.25) is 10.1 Å². The molecule has 1 aromatic heterocycles. The molecule has 2 aromatic rings. The van der Waals surface area contributed by atoms with Gasteiger partial charge in [0.15, 0.2) is 4.67 Å². The van der Waals surface area contributed by atoms with Gasteiger partial charge in [0, 0.05) is 9.82 Å². The van der Waals surface area contributed by atoms with Crippen LogP contribution in [0.1, 0.15) is 11.0 Å². The molecule has 0 amide bonds. The van der Waals surface area contributed by atoms with Crippen molar-refractivity contribution in [3.05, 3.63) is 63.0 Å². The predicted molar refractivity (Wildman–Crippen MR) is 73.3 cm³/mol. The average Bonchev–Trinajstić information content (AvgIpc) is 2.76. The van der Waals surface area contributed by atoms with E-state index in [1.165, 1.54) is 11.8 Å². The molecule has 1 unspecified atom stereocenters. The topological polar surface area (TPSA) is 56.3 Å². The Kier molecular flexibility index (Phi) is 4.43. The zero-order valence-electron chi connectivity index (χ0n) is 9.28. The van der Waals surface area contributed by atoms with E-state index in [9.17, 15) is 10.1 Å². The third-order valence-electron chi connectivity index (χ3n) is 2.25. The number of furan rings is 1. The zero-order valence-corrected chi connectivity index (χ0v) is 11.7. The number of hydrogen-bond donors (Lipinski definition) is 0. The average molecular weight is 328 g/mol. The monoisotopic (exact) mass is 327 g/mol. The maximum absolute atomic E-state index is 10.7. The molecule has 1 aromatic carbocycles. The molecule has 6 heteroatoms. The Labute approximate surface area is 117 Å². The molecular weight excluding hydrogens is 318 g/mol. The minimum absolute atomic E-state index is 0.167. The predicted octanol–water partition coefficient (Wildman–Crippen LogP) is 4.15. The molecule has 0 saturated carbocycles. The fourth-order valence-corrected chi connectivity index (χ4v) is 2.89. The second-order valence-corrected chi connectivity index (χ2v) is 5.63. The van der Waals surface area contributed by atoms with Crippen LogP contribution in [0.3, 0.4) is 0 Å². The second-order valence-electron chi connectivity index (χ2n) is 3.58. The maximum atomic E-state index is 10.7. The van der Waals surface area contributed by atoms with E-state index in [1.54, 1.807) is 12.1 Å². The Morgan fingerprint density at radius 1 is 1.28 bits per heavy atom. The van der Waals surface area contributed by atoms with Gasteiger partial charge in [-0.25, -0.2) is 0 Å². The van der Waals surface area contributed by atoms with Gasteiger partial charge >= 0.3 is 0 Å². The largest absolute Gasteiger partial charge is 0.453 e. The van der Waals surface area contributed by atoms with E-state index in [4.69, 9.17) is 4.42 Å². The number of rotatable bonds is 5. The molecule has 0 radical (unpaired) electrons. The quantitative estimate of drug-likeness (QED) is 0.470. The Hall–Kier alpha value is -1.27. The normalized spacial score (nSPS) is 12.3. The molecule has 1 heterocycles. The van der Waals surface area contributed by atoms with Crippen LogP contribution in [-0.4, -0.2) is 11.5 Å². The highest BCUT2D eigenvalue weighted by molar-refractivity contribution is 9.10. The van der Waals surface area contributed by atoms with Crippen LogP contribution in [0.15, 0.2) is 56.4 Å². The van der Waals surface area contributed by atoms with Crippen molar-refractivity contribution in [3.8, 4) is 0 Å². The number of halogens is 1. The van der Waals surface area contributed by atoms with Crippen molar-refractivity contribution in [2.45, 2.75) is 10.1 Å². The molecule has 94 valence electrons. The van der Waals surface area contributed by atoms with Gasteiger partial charge in [-0.2, -0.15) is 0 Å². The number of benzene rings is 1. The summed E-state index contributed by atoms with van der Waals surface area (Å²) in [5.74, 6) is 0.604. The van der Waals surface area contributed by atoms with Crippen molar-refractivity contribution in [2.24, 2.45) is 0 Å². The third-order valence-corrected chi connectivity index (χ3v) is 3.88. The van der Waals surface area contributed by atoms with Gasteiger partial charge in [0.05, 0.1) is 0 Å². The second kappa shape index (κ2) is 6.06. The first-order valence-corrected chi connectivity index (χ1v) is 6.91. The molecule has 18 heavy (non-hydrogen) atoms. The molecule has 0 aliphatic heterocycles. The summed E-state index contributed by atoms with van der Waals surface area (Å²) in [4.78, 5) is 11.4. The summed E-state index contributed by atoms with van der Waals surface area (Å²) in [5, 5.41) is 10.4. The van der Waals surface area contributed by atoms with Crippen molar-refractivity contribution < 1.29 is 9.34 Å². The van der Waals surface area contributed by atoms with Crippen LogP contribution in [-0.2, 0) is 0 Å². The summed E-state index contributed by atoms with van der Waals surface area (Å²) in [6.45, 7) is -0.167. The number of nitro groups is 1. The Balaban J connectivity index is 2.18. The molecule has 0 spiro atoms. The molecule has 0 bridgehead atoms. The Morgan fingerprint density at radius 3 is 2.56 bits per heavy atom. The lowest BCUT2D eigenvalue weighted by Gasteiger charge is -2.09. The van der Waals surface area contributed by atoms with Crippen LogP contribution < -0.4 is 0 Å². The summed E-state index contributed by atoms with van der Waals surface area (Å²) in [6.07, 6.45) is 0. The number of thioether (sulfide) groups is 1. The fraction of sp³-hybridized carbons (Fsp3) is 0.167. The van der Waals surface area contributed by atoms with Gasteiger partial charge in [-0.15, -0.1) is 11.8 Å². The molecule has 4 nitrogen and oxygen atoms in total. The van der Waals surface area contributed by atoms with Crippen LogP contribution in [0, 0.1) is 10.1 Å². The lowest BCUT2D eigenvalue weighted by atomic mass is 10.3.